The zero-order chi connectivity index (χ0) is 14.6. The molecule has 0 radical (unpaired) electrons. The van der Waals surface area contributed by atoms with E-state index in [2.05, 4.69) is 10.2 Å². The summed E-state index contributed by atoms with van der Waals surface area (Å²) in [5.41, 5.74) is 1.83. The molecule has 20 heavy (non-hydrogen) atoms. The molecule has 1 aromatic heterocycles. The summed E-state index contributed by atoms with van der Waals surface area (Å²) < 4.78 is 31.2. The Hall–Kier alpha value is -1.73. The highest BCUT2D eigenvalue weighted by Gasteiger charge is 2.22. The van der Waals surface area contributed by atoms with E-state index in [1.54, 1.807) is 7.11 Å². The van der Waals surface area contributed by atoms with Gasteiger partial charge in [-0.25, -0.2) is 8.42 Å². The zero-order valence-electron chi connectivity index (χ0n) is 11.5. The summed E-state index contributed by atoms with van der Waals surface area (Å²) >= 11 is 0. The number of hydrogen-bond acceptors (Lipinski definition) is 5. The van der Waals surface area contributed by atoms with E-state index in [-0.39, 0.29) is 10.9 Å². The molecule has 0 unspecified atom stereocenters. The number of hydrogen-bond donors (Lipinski definition) is 0. The van der Waals surface area contributed by atoms with Gasteiger partial charge in [0.15, 0.2) is 0 Å². The van der Waals surface area contributed by atoms with Gasteiger partial charge in [-0.2, -0.15) is 0 Å². The number of sulfone groups is 1. The van der Waals surface area contributed by atoms with Crippen molar-refractivity contribution in [3.63, 3.8) is 0 Å². The Labute approximate surface area is 118 Å². The Morgan fingerprint density at radius 2 is 1.95 bits per heavy atom. The normalized spacial score (nSPS) is 11.7. The van der Waals surface area contributed by atoms with E-state index in [4.69, 9.17) is 4.74 Å². The van der Waals surface area contributed by atoms with Crippen molar-refractivity contribution in [1.29, 1.82) is 0 Å². The Morgan fingerprint density at radius 3 is 2.60 bits per heavy atom. The molecule has 0 saturated heterocycles. The van der Waals surface area contributed by atoms with E-state index < -0.39 is 9.84 Å². The Bertz CT molecular complexity index is 662. The lowest BCUT2D eigenvalue weighted by Gasteiger charge is -2.07. The van der Waals surface area contributed by atoms with Gasteiger partial charge in [0, 0.05) is 13.7 Å². The van der Waals surface area contributed by atoms with Crippen LogP contribution in [0.2, 0.25) is 0 Å². The number of aromatic nitrogens is 3. The highest BCUT2D eigenvalue weighted by Crippen LogP contribution is 2.14. The largest absolute Gasteiger partial charge is 0.383 e. The number of ether oxygens (including phenoxy) is 1. The van der Waals surface area contributed by atoms with Gasteiger partial charge in [-0.05, 0) is 12.5 Å². The van der Waals surface area contributed by atoms with Crippen LogP contribution in [-0.2, 0) is 26.9 Å². The van der Waals surface area contributed by atoms with E-state index in [9.17, 15) is 8.42 Å². The van der Waals surface area contributed by atoms with Crippen molar-refractivity contribution >= 4 is 9.84 Å². The summed E-state index contributed by atoms with van der Waals surface area (Å²) in [6.45, 7) is 2.77. The molecule has 2 aromatic rings. The van der Waals surface area contributed by atoms with E-state index in [1.165, 1.54) is 10.9 Å². The van der Waals surface area contributed by atoms with E-state index in [0.29, 0.717) is 13.2 Å². The molecular weight excluding hydrogens is 278 g/mol. The lowest BCUT2D eigenvalue weighted by atomic mass is 10.2. The molecular formula is C13H17N3O3S. The van der Waals surface area contributed by atoms with Crippen LogP contribution >= 0.6 is 0 Å². The molecule has 1 aromatic carbocycles. The van der Waals surface area contributed by atoms with Crippen LogP contribution in [-0.4, -0.2) is 36.9 Å². The minimum absolute atomic E-state index is 0.0184. The van der Waals surface area contributed by atoms with Crippen LogP contribution in [0.4, 0.5) is 0 Å². The van der Waals surface area contributed by atoms with Crippen LogP contribution in [0.15, 0.2) is 35.7 Å². The van der Waals surface area contributed by atoms with E-state index in [1.807, 2.05) is 31.2 Å². The van der Waals surface area contributed by atoms with Gasteiger partial charge in [-0.15, -0.1) is 10.2 Å². The van der Waals surface area contributed by atoms with Gasteiger partial charge < -0.3 is 9.30 Å². The van der Waals surface area contributed by atoms with Crippen LogP contribution in [0.5, 0.6) is 0 Å². The quantitative estimate of drug-likeness (QED) is 0.800. The molecule has 7 heteroatoms. The molecule has 0 aliphatic rings. The van der Waals surface area contributed by atoms with Crippen molar-refractivity contribution in [3.8, 4) is 0 Å². The van der Waals surface area contributed by atoms with Crippen molar-refractivity contribution in [2.45, 2.75) is 24.4 Å². The topological polar surface area (TPSA) is 74.1 Å². The summed E-state index contributed by atoms with van der Waals surface area (Å²) in [4.78, 5) is 0. The van der Waals surface area contributed by atoms with Gasteiger partial charge in [-0.3, -0.25) is 0 Å². The molecule has 0 amide bonds. The van der Waals surface area contributed by atoms with Crippen LogP contribution in [0, 0.1) is 6.92 Å². The van der Waals surface area contributed by atoms with Gasteiger partial charge in [0.25, 0.3) is 0 Å². The maximum absolute atomic E-state index is 12.4. The van der Waals surface area contributed by atoms with Gasteiger partial charge in [0.2, 0.25) is 15.0 Å². The first-order chi connectivity index (χ1) is 9.53. The lowest BCUT2D eigenvalue weighted by molar-refractivity contribution is 0.184. The average Bonchev–Trinajstić information content (AvgIpc) is 2.88. The first kappa shape index (κ1) is 14.7. The Morgan fingerprint density at radius 1 is 1.25 bits per heavy atom. The molecule has 0 atom stereocenters. The maximum atomic E-state index is 12.4. The molecule has 0 aliphatic heterocycles. The monoisotopic (exact) mass is 295 g/mol. The van der Waals surface area contributed by atoms with Crippen molar-refractivity contribution in [2.24, 2.45) is 0 Å². The highest BCUT2D eigenvalue weighted by atomic mass is 32.2. The number of rotatable bonds is 6. The lowest BCUT2D eigenvalue weighted by Crippen LogP contribution is -2.14. The van der Waals surface area contributed by atoms with Gasteiger partial charge in [0.1, 0.15) is 6.33 Å². The predicted molar refractivity (Wildman–Crippen MR) is 74.0 cm³/mol. The second-order valence-corrected chi connectivity index (χ2v) is 6.43. The van der Waals surface area contributed by atoms with Crippen LogP contribution in [0.3, 0.4) is 0 Å². The number of benzene rings is 1. The summed E-state index contributed by atoms with van der Waals surface area (Å²) in [7, 11) is -1.95. The van der Waals surface area contributed by atoms with Crippen LogP contribution < -0.4 is 0 Å². The summed E-state index contributed by atoms with van der Waals surface area (Å²) in [5.74, 6) is -0.0844. The molecule has 0 N–H and O–H groups in total. The zero-order valence-corrected chi connectivity index (χ0v) is 12.3. The summed E-state index contributed by atoms with van der Waals surface area (Å²) in [5, 5.41) is 7.38. The molecule has 6 nitrogen and oxygen atoms in total. The van der Waals surface area contributed by atoms with Crippen LogP contribution in [0.25, 0.3) is 0 Å². The standard InChI is InChI=1S/C13H17N3O3S/c1-11-3-5-12(6-4-11)9-20(17,18)13-15-14-10-16(13)7-8-19-2/h3-6,10H,7-9H2,1-2H3. The van der Waals surface area contributed by atoms with Crippen LogP contribution in [0.1, 0.15) is 11.1 Å². The molecule has 0 fully saturated rings. The fraction of sp³-hybridized carbons (Fsp3) is 0.385. The maximum Gasteiger partial charge on any atom is 0.249 e. The molecule has 1 heterocycles. The molecule has 0 saturated carbocycles. The highest BCUT2D eigenvalue weighted by molar-refractivity contribution is 7.90. The number of methoxy groups -OCH3 is 1. The molecule has 108 valence electrons. The third-order valence-corrected chi connectivity index (χ3v) is 4.46. The third kappa shape index (κ3) is 3.43. The van der Waals surface area contributed by atoms with Crippen molar-refractivity contribution in [1.82, 2.24) is 14.8 Å². The minimum atomic E-state index is -3.51. The van der Waals surface area contributed by atoms with E-state index in [0.717, 1.165) is 11.1 Å². The van der Waals surface area contributed by atoms with E-state index >= 15 is 0 Å². The molecule has 2 rings (SSSR count). The second-order valence-electron chi connectivity index (χ2n) is 4.54. The van der Waals surface area contributed by atoms with Gasteiger partial charge >= 0.3 is 0 Å². The van der Waals surface area contributed by atoms with Gasteiger partial charge in [-0.1, -0.05) is 29.8 Å². The molecule has 0 bridgehead atoms. The van der Waals surface area contributed by atoms with Crippen molar-refractivity contribution in [3.05, 3.63) is 41.7 Å². The number of aryl methyl sites for hydroxylation is 1. The SMILES string of the molecule is COCCn1cnnc1S(=O)(=O)Cc1ccc(C)cc1. The smallest absolute Gasteiger partial charge is 0.249 e. The van der Waals surface area contributed by atoms with Crippen molar-refractivity contribution in [2.75, 3.05) is 13.7 Å². The Balaban J connectivity index is 2.22. The predicted octanol–water partition coefficient (Wildman–Crippen LogP) is 1.21. The molecule has 0 aliphatic carbocycles. The fourth-order valence-corrected chi connectivity index (χ4v) is 3.22. The Kier molecular flexibility index (Phi) is 4.51. The first-order valence-electron chi connectivity index (χ1n) is 6.18. The average molecular weight is 295 g/mol. The number of nitrogens with zero attached hydrogens (tertiary/aromatic N) is 3. The third-order valence-electron chi connectivity index (χ3n) is 2.87. The first-order valence-corrected chi connectivity index (χ1v) is 7.83. The van der Waals surface area contributed by atoms with Crippen molar-refractivity contribution < 1.29 is 13.2 Å². The minimum Gasteiger partial charge on any atom is -0.383 e. The summed E-state index contributed by atoms with van der Waals surface area (Å²) in [6.07, 6.45) is 1.40. The summed E-state index contributed by atoms with van der Waals surface area (Å²) in [6, 6.07) is 7.40. The fourth-order valence-electron chi connectivity index (χ4n) is 1.80. The molecule has 0 spiro atoms. The second kappa shape index (κ2) is 6.15. The van der Waals surface area contributed by atoms with Gasteiger partial charge in [0.05, 0.1) is 12.4 Å².